The predicted octanol–water partition coefficient (Wildman–Crippen LogP) is 1.49. The molecule has 1 aromatic rings. The summed E-state index contributed by atoms with van der Waals surface area (Å²) in [6.07, 6.45) is 0. The zero-order valence-electron chi connectivity index (χ0n) is 5.88. The molecule has 66 valence electrons. The summed E-state index contributed by atoms with van der Waals surface area (Å²) < 4.78 is 24.9. The first-order valence-corrected chi connectivity index (χ1v) is 2.86. The summed E-state index contributed by atoms with van der Waals surface area (Å²) in [5, 5.41) is 0. The molecule has 0 heterocycles. The highest BCUT2D eigenvalue weighted by Crippen LogP contribution is 2.09. The normalized spacial score (nSPS) is 8.83. The van der Waals surface area contributed by atoms with Crippen molar-refractivity contribution in [1.29, 1.82) is 0 Å². The quantitative estimate of drug-likeness (QED) is 0.722. The second-order valence-corrected chi connectivity index (χ2v) is 1.97. The molecule has 0 atom stereocenters. The average molecular weight is 194 g/mol. The van der Waals surface area contributed by atoms with Gasteiger partial charge in [0.05, 0.1) is 5.56 Å². The van der Waals surface area contributed by atoms with Crippen molar-refractivity contribution in [3.63, 3.8) is 0 Å². The van der Waals surface area contributed by atoms with E-state index in [-0.39, 0.29) is 12.4 Å². The van der Waals surface area contributed by atoms with Gasteiger partial charge in [-0.15, -0.1) is 12.4 Å². The van der Waals surface area contributed by atoms with Crippen molar-refractivity contribution in [2.45, 2.75) is 0 Å². The van der Waals surface area contributed by atoms with Crippen LogP contribution in [0.15, 0.2) is 18.2 Å². The van der Waals surface area contributed by atoms with Gasteiger partial charge in [-0.1, -0.05) is 6.07 Å². The van der Waals surface area contributed by atoms with Gasteiger partial charge < -0.3 is 5.73 Å². The first-order valence-electron chi connectivity index (χ1n) is 2.86. The number of nitrogens with two attached hydrogens (primary N) is 1. The molecule has 0 saturated carbocycles. The molecule has 0 bridgehead atoms. The zero-order valence-corrected chi connectivity index (χ0v) is 6.70. The maximum Gasteiger partial charge on any atom is 0.251 e. The van der Waals surface area contributed by atoms with Crippen LogP contribution in [0.5, 0.6) is 0 Å². The number of halogens is 3. The van der Waals surface area contributed by atoms with E-state index in [1.807, 2.05) is 0 Å². The van der Waals surface area contributed by atoms with Gasteiger partial charge in [0.15, 0.2) is 11.6 Å². The Balaban J connectivity index is 0.00000121. The zero-order chi connectivity index (χ0) is 8.43. The van der Waals surface area contributed by atoms with Crippen molar-refractivity contribution in [1.82, 2.24) is 0 Å². The first kappa shape index (κ1) is 10.8. The van der Waals surface area contributed by atoms with Crippen LogP contribution < -0.4 is 5.73 Å². The molecular weight excluding hydrogens is 188 g/mol. The average Bonchev–Trinajstić information content (AvgIpc) is 1.94. The van der Waals surface area contributed by atoms with E-state index in [0.717, 1.165) is 12.1 Å². The number of carbonyl (C=O) groups is 1. The van der Waals surface area contributed by atoms with Gasteiger partial charge in [0.2, 0.25) is 0 Å². The Morgan fingerprint density at radius 3 is 2.33 bits per heavy atom. The molecule has 0 saturated heterocycles. The Kier molecular flexibility index (Phi) is 3.63. The van der Waals surface area contributed by atoms with Crippen LogP contribution in [-0.4, -0.2) is 5.91 Å². The van der Waals surface area contributed by atoms with Gasteiger partial charge in [-0.3, -0.25) is 4.79 Å². The smallest absolute Gasteiger partial charge is 0.251 e. The maximum absolute atomic E-state index is 12.6. The van der Waals surface area contributed by atoms with Crippen molar-refractivity contribution in [2.24, 2.45) is 5.73 Å². The van der Waals surface area contributed by atoms with Crippen LogP contribution in [-0.2, 0) is 0 Å². The lowest BCUT2D eigenvalue weighted by molar-refractivity contribution is 0.0995. The Bertz CT molecular complexity index is 303. The largest absolute Gasteiger partial charge is 0.366 e. The molecule has 1 amide bonds. The Labute approximate surface area is 73.8 Å². The molecule has 1 rings (SSSR count). The summed E-state index contributed by atoms with van der Waals surface area (Å²) in [4.78, 5) is 10.4. The van der Waals surface area contributed by atoms with Crippen molar-refractivity contribution >= 4 is 18.3 Å². The third kappa shape index (κ3) is 1.92. The van der Waals surface area contributed by atoms with E-state index in [1.165, 1.54) is 6.07 Å². The van der Waals surface area contributed by atoms with Crippen molar-refractivity contribution in [3.8, 4) is 0 Å². The van der Waals surface area contributed by atoms with Crippen LogP contribution in [0.1, 0.15) is 10.4 Å². The van der Waals surface area contributed by atoms with Gasteiger partial charge in [0.25, 0.3) is 5.91 Å². The molecule has 0 aromatic heterocycles. The van der Waals surface area contributed by atoms with Crippen LogP contribution >= 0.6 is 12.4 Å². The van der Waals surface area contributed by atoms with E-state index in [9.17, 15) is 13.6 Å². The molecule has 2 nitrogen and oxygen atoms in total. The fourth-order valence-electron chi connectivity index (χ4n) is 0.694. The third-order valence-electron chi connectivity index (χ3n) is 1.22. The molecule has 0 aliphatic rings. The Hall–Kier alpha value is -1.16. The van der Waals surface area contributed by atoms with Gasteiger partial charge in [-0.05, 0) is 12.1 Å². The lowest BCUT2D eigenvalue weighted by Gasteiger charge is -1.96. The standard InChI is InChI=1S/C7H5F2NO.ClH/c8-5-3-1-2-4(6(5)9)7(10)11;/h1-3H,(H2,10,11);1H. The summed E-state index contributed by atoms with van der Waals surface area (Å²) in [5.74, 6) is -3.23. The SMILES string of the molecule is Cl.NC(=O)c1cccc(F)c1F. The predicted molar refractivity (Wildman–Crippen MR) is 42.1 cm³/mol. The van der Waals surface area contributed by atoms with Gasteiger partial charge in [-0.2, -0.15) is 0 Å². The molecular formula is C7H6ClF2NO. The van der Waals surface area contributed by atoms with Crippen LogP contribution in [0.4, 0.5) is 8.78 Å². The number of hydrogen-bond acceptors (Lipinski definition) is 1. The van der Waals surface area contributed by atoms with E-state index < -0.39 is 23.1 Å². The molecule has 0 radical (unpaired) electrons. The van der Waals surface area contributed by atoms with Crippen LogP contribution in [0.25, 0.3) is 0 Å². The molecule has 0 fully saturated rings. The highest BCUT2D eigenvalue weighted by molar-refractivity contribution is 5.92. The van der Waals surface area contributed by atoms with Gasteiger partial charge in [0.1, 0.15) is 0 Å². The Morgan fingerprint density at radius 2 is 1.92 bits per heavy atom. The van der Waals surface area contributed by atoms with E-state index >= 15 is 0 Å². The monoisotopic (exact) mass is 193 g/mol. The summed E-state index contributed by atoms with van der Waals surface area (Å²) in [6.45, 7) is 0. The fourth-order valence-corrected chi connectivity index (χ4v) is 0.694. The number of hydrogen-bond donors (Lipinski definition) is 1. The van der Waals surface area contributed by atoms with E-state index in [0.29, 0.717) is 0 Å². The number of primary amides is 1. The van der Waals surface area contributed by atoms with Crippen molar-refractivity contribution in [2.75, 3.05) is 0 Å². The van der Waals surface area contributed by atoms with Gasteiger partial charge in [0, 0.05) is 0 Å². The first-order chi connectivity index (χ1) is 5.13. The minimum atomic E-state index is -1.19. The van der Waals surface area contributed by atoms with Crippen LogP contribution in [0.3, 0.4) is 0 Å². The van der Waals surface area contributed by atoms with Crippen LogP contribution in [0.2, 0.25) is 0 Å². The second kappa shape index (κ2) is 4.01. The summed E-state index contributed by atoms with van der Waals surface area (Å²) in [5.41, 5.74) is 4.31. The molecule has 0 aliphatic carbocycles. The lowest BCUT2D eigenvalue weighted by atomic mass is 10.2. The number of carbonyl (C=O) groups excluding carboxylic acids is 1. The topological polar surface area (TPSA) is 43.1 Å². The third-order valence-corrected chi connectivity index (χ3v) is 1.22. The van der Waals surface area contributed by atoms with E-state index in [2.05, 4.69) is 0 Å². The summed E-state index contributed by atoms with van der Waals surface area (Å²) in [6, 6.07) is 3.26. The minimum absolute atomic E-state index is 0. The Morgan fingerprint density at radius 1 is 1.33 bits per heavy atom. The van der Waals surface area contributed by atoms with Gasteiger partial charge in [-0.25, -0.2) is 8.78 Å². The summed E-state index contributed by atoms with van der Waals surface area (Å²) in [7, 11) is 0. The molecule has 1 aromatic carbocycles. The molecule has 0 unspecified atom stereocenters. The van der Waals surface area contributed by atoms with Gasteiger partial charge >= 0.3 is 0 Å². The number of rotatable bonds is 1. The fraction of sp³-hybridized carbons (Fsp3) is 0. The molecule has 0 spiro atoms. The maximum atomic E-state index is 12.6. The molecule has 0 aliphatic heterocycles. The van der Waals surface area contributed by atoms with Crippen LogP contribution in [0, 0.1) is 11.6 Å². The van der Waals surface area contributed by atoms with E-state index in [1.54, 1.807) is 0 Å². The highest BCUT2D eigenvalue weighted by Gasteiger charge is 2.10. The van der Waals surface area contributed by atoms with Crippen molar-refractivity contribution in [3.05, 3.63) is 35.4 Å². The summed E-state index contributed by atoms with van der Waals surface area (Å²) >= 11 is 0. The molecule has 2 N–H and O–H groups in total. The number of amides is 1. The highest BCUT2D eigenvalue weighted by atomic mass is 35.5. The second-order valence-electron chi connectivity index (χ2n) is 1.97. The van der Waals surface area contributed by atoms with Crippen molar-refractivity contribution < 1.29 is 13.6 Å². The number of benzene rings is 1. The minimum Gasteiger partial charge on any atom is -0.366 e. The molecule has 12 heavy (non-hydrogen) atoms. The lowest BCUT2D eigenvalue weighted by Crippen LogP contribution is -2.13. The molecule has 5 heteroatoms. The van der Waals surface area contributed by atoms with E-state index in [4.69, 9.17) is 5.73 Å².